The molecular weight excluding hydrogens is 433 g/mol. The molecule has 9 heteroatoms. The average molecular weight is 451 g/mol. The molecule has 1 N–H and O–H groups in total. The second-order valence-electron chi connectivity index (χ2n) is 6.94. The maximum Gasteiger partial charge on any atom is 0.359 e. The van der Waals surface area contributed by atoms with Crippen LogP contribution in [0.4, 0.5) is 9.39 Å². The van der Waals surface area contributed by atoms with Gasteiger partial charge in [0.25, 0.3) is 11.5 Å². The Morgan fingerprint density at radius 3 is 2.47 bits per heavy atom. The molecule has 0 saturated carbocycles. The van der Waals surface area contributed by atoms with E-state index in [1.165, 1.54) is 24.3 Å². The number of carbonyl (C=O) groups excluding carboxylic acids is 2. The van der Waals surface area contributed by atoms with Crippen molar-refractivity contribution in [2.75, 3.05) is 11.9 Å². The van der Waals surface area contributed by atoms with Crippen molar-refractivity contribution in [3.63, 3.8) is 0 Å². The third-order valence-electron chi connectivity index (χ3n) is 4.73. The van der Waals surface area contributed by atoms with Crippen LogP contribution < -0.4 is 10.9 Å². The summed E-state index contributed by atoms with van der Waals surface area (Å²) in [6.07, 6.45) is 0. The van der Waals surface area contributed by atoms with Crippen molar-refractivity contribution in [3.05, 3.63) is 86.9 Å². The van der Waals surface area contributed by atoms with Crippen LogP contribution in [0.25, 0.3) is 16.5 Å². The fourth-order valence-electron chi connectivity index (χ4n) is 3.13. The van der Waals surface area contributed by atoms with Crippen molar-refractivity contribution in [2.45, 2.75) is 13.8 Å². The Morgan fingerprint density at radius 1 is 1.12 bits per heavy atom. The number of carbonyl (C=O) groups is 2. The number of esters is 1. The number of hydrogen-bond acceptors (Lipinski definition) is 6. The van der Waals surface area contributed by atoms with Gasteiger partial charge in [0.15, 0.2) is 5.69 Å². The summed E-state index contributed by atoms with van der Waals surface area (Å²) in [5.41, 5.74) is 1.17. The number of nitrogens with one attached hydrogen (secondary N) is 1. The van der Waals surface area contributed by atoms with Crippen molar-refractivity contribution in [1.82, 2.24) is 9.78 Å². The molecule has 2 aromatic carbocycles. The van der Waals surface area contributed by atoms with Gasteiger partial charge < -0.3 is 10.1 Å². The van der Waals surface area contributed by atoms with E-state index in [-0.39, 0.29) is 33.6 Å². The quantitative estimate of drug-likeness (QED) is 0.457. The van der Waals surface area contributed by atoms with Gasteiger partial charge in [-0.3, -0.25) is 9.59 Å². The SMILES string of the molecule is CCOC(=O)c1nn(-c2ccc(C)cc2)c(=O)c2c(NC(=O)c3ccc(F)cc3)scc12. The van der Waals surface area contributed by atoms with Crippen LogP contribution in [0, 0.1) is 12.7 Å². The van der Waals surface area contributed by atoms with Crippen LogP contribution in [-0.2, 0) is 4.74 Å². The highest BCUT2D eigenvalue weighted by Crippen LogP contribution is 2.31. The Hall–Kier alpha value is -3.85. The van der Waals surface area contributed by atoms with Crippen molar-refractivity contribution < 1.29 is 18.7 Å². The highest BCUT2D eigenvalue weighted by atomic mass is 32.1. The average Bonchev–Trinajstić information content (AvgIpc) is 3.19. The molecular formula is C23H18FN3O4S. The summed E-state index contributed by atoms with van der Waals surface area (Å²) in [5.74, 6) is -1.65. The number of halogens is 1. The zero-order valence-electron chi connectivity index (χ0n) is 17.2. The summed E-state index contributed by atoms with van der Waals surface area (Å²) in [5, 5.41) is 9.22. The molecule has 162 valence electrons. The molecule has 0 spiro atoms. The standard InChI is InChI=1S/C23H18FN3O4S/c1-3-31-23(30)19-17-12-32-21(25-20(28)14-6-8-15(24)9-7-14)18(17)22(29)27(26-19)16-10-4-13(2)5-11-16/h4-12H,3H2,1-2H3,(H,25,28). The van der Waals surface area contributed by atoms with Crippen molar-refractivity contribution >= 4 is 39.0 Å². The smallest absolute Gasteiger partial charge is 0.359 e. The highest BCUT2D eigenvalue weighted by molar-refractivity contribution is 7.16. The summed E-state index contributed by atoms with van der Waals surface area (Å²) >= 11 is 1.09. The number of thiophene rings is 1. The highest BCUT2D eigenvalue weighted by Gasteiger charge is 2.23. The molecule has 32 heavy (non-hydrogen) atoms. The minimum Gasteiger partial charge on any atom is -0.461 e. The number of hydrogen-bond donors (Lipinski definition) is 1. The third kappa shape index (κ3) is 4.02. The molecule has 1 amide bonds. The van der Waals surface area contributed by atoms with E-state index in [2.05, 4.69) is 10.4 Å². The Bertz CT molecular complexity index is 1380. The molecule has 0 fully saturated rings. The van der Waals surface area contributed by atoms with Crippen LogP contribution in [0.1, 0.15) is 33.3 Å². The van der Waals surface area contributed by atoms with Gasteiger partial charge >= 0.3 is 5.97 Å². The number of anilines is 1. The number of ether oxygens (including phenoxy) is 1. The second-order valence-corrected chi connectivity index (χ2v) is 7.82. The fourth-order valence-corrected chi connectivity index (χ4v) is 4.06. The number of fused-ring (bicyclic) bond motifs is 1. The van der Waals surface area contributed by atoms with E-state index >= 15 is 0 Å². The largest absolute Gasteiger partial charge is 0.461 e. The van der Waals surface area contributed by atoms with E-state index < -0.39 is 23.3 Å². The molecule has 2 aromatic heterocycles. The molecule has 0 radical (unpaired) electrons. The number of benzene rings is 2. The van der Waals surface area contributed by atoms with Gasteiger partial charge in [-0.2, -0.15) is 9.78 Å². The summed E-state index contributed by atoms with van der Waals surface area (Å²) in [7, 11) is 0. The molecule has 0 aliphatic rings. The summed E-state index contributed by atoms with van der Waals surface area (Å²) < 4.78 is 19.4. The predicted molar refractivity (Wildman–Crippen MR) is 120 cm³/mol. The van der Waals surface area contributed by atoms with Gasteiger partial charge in [0, 0.05) is 16.3 Å². The molecule has 4 rings (SSSR count). The molecule has 0 bridgehead atoms. The molecule has 0 aliphatic carbocycles. The first kappa shape index (κ1) is 21.4. The molecule has 2 heterocycles. The maximum atomic E-state index is 13.3. The molecule has 0 saturated heterocycles. The Labute approximate surface area is 186 Å². The molecule has 7 nitrogen and oxygen atoms in total. The van der Waals surface area contributed by atoms with Gasteiger partial charge in [-0.25, -0.2) is 9.18 Å². The number of nitrogens with zero attached hydrogens (tertiary/aromatic N) is 2. The minimum absolute atomic E-state index is 0.0273. The minimum atomic E-state index is -0.674. The normalized spacial score (nSPS) is 10.8. The molecule has 0 atom stereocenters. The first-order chi connectivity index (χ1) is 15.4. The van der Waals surface area contributed by atoms with E-state index in [1.807, 2.05) is 19.1 Å². The van der Waals surface area contributed by atoms with Crippen LogP contribution in [0.3, 0.4) is 0 Å². The number of rotatable bonds is 5. The third-order valence-corrected chi connectivity index (χ3v) is 5.63. The lowest BCUT2D eigenvalue weighted by Gasteiger charge is -2.10. The van der Waals surface area contributed by atoms with Gasteiger partial charge in [0.2, 0.25) is 0 Å². The van der Waals surface area contributed by atoms with Gasteiger partial charge in [-0.1, -0.05) is 17.7 Å². The maximum absolute atomic E-state index is 13.3. The van der Waals surface area contributed by atoms with E-state index in [0.29, 0.717) is 5.69 Å². The van der Waals surface area contributed by atoms with Gasteiger partial charge in [-0.15, -0.1) is 11.3 Å². The Morgan fingerprint density at radius 2 is 1.81 bits per heavy atom. The van der Waals surface area contributed by atoms with E-state index in [4.69, 9.17) is 4.74 Å². The van der Waals surface area contributed by atoms with Gasteiger partial charge in [0.1, 0.15) is 10.8 Å². The summed E-state index contributed by atoms with van der Waals surface area (Å²) in [4.78, 5) is 38.6. The van der Waals surface area contributed by atoms with Crippen LogP contribution >= 0.6 is 11.3 Å². The van der Waals surface area contributed by atoms with E-state index in [0.717, 1.165) is 21.6 Å². The Balaban J connectivity index is 1.87. The van der Waals surface area contributed by atoms with Crippen LogP contribution in [0.2, 0.25) is 0 Å². The lowest BCUT2D eigenvalue weighted by molar-refractivity contribution is 0.0520. The van der Waals surface area contributed by atoms with E-state index in [1.54, 1.807) is 24.4 Å². The monoisotopic (exact) mass is 451 g/mol. The molecule has 0 unspecified atom stereocenters. The fraction of sp³-hybridized carbons (Fsp3) is 0.130. The van der Waals surface area contributed by atoms with Crippen LogP contribution in [0.5, 0.6) is 0 Å². The second kappa shape index (κ2) is 8.72. The number of aromatic nitrogens is 2. The first-order valence-electron chi connectivity index (χ1n) is 9.74. The zero-order valence-corrected chi connectivity index (χ0v) is 18.0. The van der Waals surface area contributed by atoms with Crippen molar-refractivity contribution in [2.24, 2.45) is 0 Å². The lowest BCUT2D eigenvalue weighted by atomic mass is 10.2. The topological polar surface area (TPSA) is 90.3 Å². The Kier molecular flexibility index (Phi) is 5.83. The van der Waals surface area contributed by atoms with Gasteiger partial charge in [-0.05, 0) is 50.2 Å². The lowest BCUT2D eigenvalue weighted by Crippen LogP contribution is -2.25. The summed E-state index contributed by atoms with van der Waals surface area (Å²) in [6, 6.07) is 12.1. The number of amides is 1. The van der Waals surface area contributed by atoms with Crippen LogP contribution in [-0.4, -0.2) is 28.3 Å². The van der Waals surface area contributed by atoms with Gasteiger partial charge in [0.05, 0.1) is 17.7 Å². The number of aryl methyl sites for hydroxylation is 1. The van der Waals surface area contributed by atoms with Crippen molar-refractivity contribution in [1.29, 1.82) is 0 Å². The first-order valence-corrected chi connectivity index (χ1v) is 10.6. The predicted octanol–water partition coefficient (Wildman–Crippen LogP) is 4.32. The molecule has 0 aliphatic heterocycles. The van der Waals surface area contributed by atoms with Crippen molar-refractivity contribution in [3.8, 4) is 5.69 Å². The summed E-state index contributed by atoms with van der Waals surface area (Å²) in [6.45, 7) is 3.73. The van der Waals surface area contributed by atoms with E-state index in [9.17, 15) is 18.8 Å². The van der Waals surface area contributed by atoms with Crippen LogP contribution in [0.15, 0.2) is 58.7 Å². The zero-order chi connectivity index (χ0) is 22.8. The molecule has 4 aromatic rings.